The second kappa shape index (κ2) is 2.85. The second-order valence-electron chi connectivity index (χ2n) is 2.63. The highest BCUT2D eigenvalue weighted by atomic mass is 32.1. The molecule has 0 atom stereocenters. The summed E-state index contributed by atoms with van der Waals surface area (Å²) in [6.45, 7) is 0.349. The fourth-order valence-electron chi connectivity index (χ4n) is 1.25. The predicted molar refractivity (Wildman–Crippen MR) is 45.7 cm³/mol. The van der Waals surface area contributed by atoms with Crippen molar-refractivity contribution in [3.05, 3.63) is 15.8 Å². The molecule has 4 nitrogen and oxygen atoms in total. The molecule has 5 heteroatoms. The quantitative estimate of drug-likeness (QED) is 0.741. The molecule has 0 radical (unpaired) electrons. The number of ketones is 1. The van der Waals surface area contributed by atoms with Crippen LogP contribution in [-0.2, 0) is 0 Å². The molecular formula is C8H6O4S. The lowest BCUT2D eigenvalue weighted by atomic mass is 10.1. The Morgan fingerprint density at radius 2 is 2.38 bits per heavy atom. The molecule has 1 aliphatic rings. The van der Waals surface area contributed by atoms with E-state index in [2.05, 4.69) is 0 Å². The van der Waals surface area contributed by atoms with E-state index in [0.29, 0.717) is 12.4 Å². The Bertz CT molecular complexity index is 379. The molecule has 68 valence electrons. The zero-order valence-corrected chi connectivity index (χ0v) is 7.39. The SMILES string of the molecule is O=C(O)c1scc2c1C(=O)CCO2. The first kappa shape index (κ1) is 8.25. The number of carbonyl (C=O) groups excluding carboxylic acids is 1. The Labute approximate surface area is 77.8 Å². The van der Waals surface area contributed by atoms with Gasteiger partial charge in [0.25, 0.3) is 0 Å². The van der Waals surface area contributed by atoms with E-state index >= 15 is 0 Å². The van der Waals surface area contributed by atoms with Crippen LogP contribution in [0.3, 0.4) is 0 Å². The second-order valence-corrected chi connectivity index (χ2v) is 3.51. The number of hydrogen-bond acceptors (Lipinski definition) is 4. The molecule has 1 aromatic heterocycles. The van der Waals surface area contributed by atoms with Gasteiger partial charge in [-0.15, -0.1) is 11.3 Å². The lowest BCUT2D eigenvalue weighted by Gasteiger charge is -2.12. The van der Waals surface area contributed by atoms with Gasteiger partial charge in [0.1, 0.15) is 10.6 Å². The summed E-state index contributed by atoms with van der Waals surface area (Å²) in [6, 6.07) is 0. The van der Waals surface area contributed by atoms with Crippen molar-refractivity contribution in [1.29, 1.82) is 0 Å². The minimum Gasteiger partial charge on any atom is -0.491 e. The van der Waals surface area contributed by atoms with Gasteiger partial charge in [-0.1, -0.05) is 0 Å². The molecule has 0 saturated carbocycles. The van der Waals surface area contributed by atoms with Crippen LogP contribution in [0.25, 0.3) is 0 Å². The zero-order chi connectivity index (χ0) is 9.42. The number of ether oxygens (including phenoxy) is 1. The molecule has 0 spiro atoms. The van der Waals surface area contributed by atoms with Gasteiger partial charge < -0.3 is 9.84 Å². The summed E-state index contributed by atoms with van der Waals surface area (Å²) in [6.07, 6.45) is 0.268. The number of carboxylic acid groups (broad SMARTS) is 1. The normalized spacial score (nSPS) is 14.9. The number of Topliss-reactive ketones (excluding diaryl/α,β-unsaturated/α-hetero) is 1. The van der Waals surface area contributed by atoms with Gasteiger partial charge in [0.2, 0.25) is 0 Å². The summed E-state index contributed by atoms with van der Waals surface area (Å²) in [4.78, 5) is 22.1. The van der Waals surface area contributed by atoms with Crippen molar-refractivity contribution >= 4 is 23.1 Å². The maximum atomic E-state index is 11.3. The van der Waals surface area contributed by atoms with E-state index < -0.39 is 5.97 Å². The van der Waals surface area contributed by atoms with E-state index in [-0.39, 0.29) is 22.6 Å². The van der Waals surface area contributed by atoms with Crippen molar-refractivity contribution in [1.82, 2.24) is 0 Å². The van der Waals surface area contributed by atoms with E-state index in [1.165, 1.54) is 0 Å². The van der Waals surface area contributed by atoms with Gasteiger partial charge in [0, 0.05) is 11.8 Å². The molecule has 1 N–H and O–H groups in total. The van der Waals surface area contributed by atoms with Gasteiger partial charge in [-0.25, -0.2) is 4.79 Å². The molecule has 0 fully saturated rings. The average molecular weight is 198 g/mol. The number of thiophene rings is 1. The maximum Gasteiger partial charge on any atom is 0.346 e. The molecule has 0 bridgehead atoms. The van der Waals surface area contributed by atoms with Crippen molar-refractivity contribution in [2.75, 3.05) is 6.61 Å². The van der Waals surface area contributed by atoms with Crippen molar-refractivity contribution in [2.24, 2.45) is 0 Å². The highest BCUT2D eigenvalue weighted by molar-refractivity contribution is 7.12. The van der Waals surface area contributed by atoms with E-state index in [4.69, 9.17) is 9.84 Å². The third kappa shape index (κ3) is 1.21. The van der Waals surface area contributed by atoms with Crippen LogP contribution in [0.4, 0.5) is 0 Å². The third-order valence-electron chi connectivity index (χ3n) is 1.82. The highest BCUT2D eigenvalue weighted by Gasteiger charge is 2.27. The van der Waals surface area contributed by atoms with Crippen LogP contribution in [0.5, 0.6) is 5.75 Å². The molecule has 1 aromatic rings. The van der Waals surface area contributed by atoms with Gasteiger partial charge in [0.05, 0.1) is 12.2 Å². The molecule has 1 aliphatic heterocycles. The molecule has 0 amide bonds. The van der Waals surface area contributed by atoms with Gasteiger partial charge in [-0.2, -0.15) is 0 Å². The molecule has 13 heavy (non-hydrogen) atoms. The standard InChI is InChI=1S/C8H6O4S/c9-4-1-2-12-5-3-13-7(6(4)5)8(10)11/h3H,1-2H2,(H,10,11). The topological polar surface area (TPSA) is 63.6 Å². The van der Waals surface area contributed by atoms with E-state index in [1.54, 1.807) is 5.38 Å². The van der Waals surface area contributed by atoms with Gasteiger partial charge in [-0.05, 0) is 0 Å². The monoisotopic (exact) mass is 198 g/mol. The van der Waals surface area contributed by atoms with Crippen molar-refractivity contribution in [3.8, 4) is 5.75 Å². The van der Waals surface area contributed by atoms with Crippen molar-refractivity contribution in [2.45, 2.75) is 6.42 Å². The van der Waals surface area contributed by atoms with Crippen LogP contribution in [0.1, 0.15) is 26.5 Å². The molecule has 0 unspecified atom stereocenters. The summed E-state index contributed by atoms with van der Waals surface area (Å²) < 4.78 is 5.15. The first-order valence-electron chi connectivity index (χ1n) is 3.71. The van der Waals surface area contributed by atoms with Crippen LogP contribution >= 0.6 is 11.3 Å². The van der Waals surface area contributed by atoms with Gasteiger partial charge in [0.15, 0.2) is 5.78 Å². The van der Waals surface area contributed by atoms with Crippen LogP contribution in [0.2, 0.25) is 0 Å². The minimum atomic E-state index is -1.06. The largest absolute Gasteiger partial charge is 0.491 e. The third-order valence-corrected chi connectivity index (χ3v) is 2.76. The predicted octanol–water partition coefficient (Wildman–Crippen LogP) is 1.41. The lowest BCUT2D eigenvalue weighted by molar-refractivity contribution is 0.0694. The van der Waals surface area contributed by atoms with Crippen LogP contribution in [0.15, 0.2) is 5.38 Å². The molecular weight excluding hydrogens is 192 g/mol. The number of rotatable bonds is 1. The molecule has 2 heterocycles. The fraction of sp³-hybridized carbons (Fsp3) is 0.250. The number of fused-ring (bicyclic) bond motifs is 1. The zero-order valence-electron chi connectivity index (χ0n) is 6.57. The molecule has 2 rings (SSSR count). The number of carboxylic acids is 1. The highest BCUT2D eigenvalue weighted by Crippen LogP contribution is 2.33. The Balaban J connectivity index is 2.56. The Kier molecular flexibility index (Phi) is 1.81. The molecule has 0 aromatic carbocycles. The van der Waals surface area contributed by atoms with Gasteiger partial charge in [-0.3, -0.25) is 4.79 Å². The van der Waals surface area contributed by atoms with Gasteiger partial charge >= 0.3 is 5.97 Å². The molecule has 0 aliphatic carbocycles. The summed E-state index contributed by atoms with van der Waals surface area (Å²) in [5.41, 5.74) is 0.240. The number of hydrogen-bond donors (Lipinski definition) is 1. The summed E-state index contributed by atoms with van der Waals surface area (Å²) in [7, 11) is 0. The Morgan fingerprint density at radius 3 is 3.08 bits per heavy atom. The Hall–Kier alpha value is -1.36. The summed E-state index contributed by atoms with van der Waals surface area (Å²) in [5, 5.41) is 10.3. The average Bonchev–Trinajstić information content (AvgIpc) is 2.49. The summed E-state index contributed by atoms with van der Waals surface area (Å²) in [5.74, 6) is -0.788. The number of carbonyl (C=O) groups is 2. The number of aromatic carboxylic acids is 1. The van der Waals surface area contributed by atoms with Crippen molar-refractivity contribution in [3.63, 3.8) is 0 Å². The first-order chi connectivity index (χ1) is 6.20. The van der Waals surface area contributed by atoms with Crippen LogP contribution in [0, 0.1) is 0 Å². The minimum absolute atomic E-state index is 0.0831. The maximum absolute atomic E-state index is 11.3. The van der Waals surface area contributed by atoms with Crippen molar-refractivity contribution < 1.29 is 19.4 Å². The Morgan fingerprint density at radius 1 is 1.62 bits per heavy atom. The van der Waals surface area contributed by atoms with Crippen LogP contribution in [-0.4, -0.2) is 23.5 Å². The lowest BCUT2D eigenvalue weighted by Crippen LogP contribution is -2.16. The summed E-state index contributed by atoms with van der Waals surface area (Å²) >= 11 is 1.03. The first-order valence-corrected chi connectivity index (χ1v) is 4.59. The van der Waals surface area contributed by atoms with Crippen LogP contribution < -0.4 is 4.74 Å². The van der Waals surface area contributed by atoms with E-state index in [9.17, 15) is 9.59 Å². The van der Waals surface area contributed by atoms with E-state index in [0.717, 1.165) is 11.3 Å². The smallest absolute Gasteiger partial charge is 0.346 e. The molecule has 0 saturated heterocycles. The van der Waals surface area contributed by atoms with E-state index in [1.807, 2.05) is 0 Å². The fourth-order valence-corrected chi connectivity index (χ4v) is 2.09.